The highest BCUT2D eigenvalue weighted by Crippen LogP contribution is 2.40. The summed E-state index contributed by atoms with van der Waals surface area (Å²) in [5.74, 6) is 0.962. The molecule has 50 heavy (non-hydrogen) atoms. The number of guanidine groups is 1. The maximum atomic E-state index is 14.8. The minimum absolute atomic E-state index is 0.0525. The van der Waals surface area contributed by atoms with E-state index < -0.39 is 18.0 Å². The fourth-order valence-electron chi connectivity index (χ4n) is 7.08. The summed E-state index contributed by atoms with van der Waals surface area (Å²) in [6.07, 6.45) is 1.84. The zero-order valence-corrected chi connectivity index (χ0v) is 28.7. The molecule has 2 N–H and O–H groups in total. The summed E-state index contributed by atoms with van der Waals surface area (Å²) in [5, 5.41) is 6.26. The Labute approximate surface area is 288 Å². The van der Waals surface area contributed by atoms with Crippen molar-refractivity contribution in [1.82, 2.24) is 24.8 Å². The van der Waals surface area contributed by atoms with Crippen LogP contribution in [0.2, 0.25) is 0 Å². The number of aliphatic imine (C=N–C) groups is 1. The number of rotatable bonds is 7. The molecule has 2 aromatic heterocycles. The van der Waals surface area contributed by atoms with Crippen molar-refractivity contribution < 1.29 is 22.3 Å². The third-order valence-electron chi connectivity index (χ3n) is 9.80. The molecule has 13 heteroatoms. The van der Waals surface area contributed by atoms with Gasteiger partial charge in [0.2, 0.25) is 0 Å². The highest BCUT2D eigenvalue weighted by molar-refractivity contribution is 5.96. The lowest BCUT2D eigenvalue weighted by atomic mass is 9.71. The molecule has 0 amide bonds. The fraction of sp³-hybridized carbons (Fsp3) is 0.459. The number of anilines is 1. The van der Waals surface area contributed by atoms with Crippen LogP contribution in [0, 0.1) is 17.2 Å². The van der Waals surface area contributed by atoms with E-state index in [-0.39, 0.29) is 49.0 Å². The van der Waals surface area contributed by atoms with Gasteiger partial charge in [0.1, 0.15) is 23.4 Å². The van der Waals surface area contributed by atoms with Crippen LogP contribution < -0.4 is 20.9 Å². The molecular weight excluding hydrogens is 650 g/mol. The smallest absolute Gasteiger partial charge is 0.405 e. The molecule has 1 saturated carbocycles. The van der Waals surface area contributed by atoms with Crippen LogP contribution in [0.4, 0.5) is 23.2 Å². The van der Waals surface area contributed by atoms with Gasteiger partial charge in [-0.3, -0.25) is 14.3 Å². The number of benzene rings is 2. The third kappa shape index (κ3) is 7.93. The Morgan fingerprint density at radius 1 is 1.18 bits per heavy atom. The number of hydrogen-bond acceptors (Lipinski definition) is 6. The number of hydrogen-bond donors (Lipinski definition) is 2. The lowest BCUT2D eigenvalue weighted by molar-refractivity contribution is -0.161. The molecule has 3 atom stereocenters. The summed E-state index contributed by atoms with van der Waals surface area (Å²) in [6.45, 7) is 7.01. The number of alkyl halides is 3. The largest absolute Gasteiger partial charge is 0.497 e. The predicted octanol–water partition coefficient (Wildman–Crippen LogP) is 6.67. The van der Waals surface area contributed by atoms with Crippen LogP contribution in [0.1, 0.15) is 45.6 Å². The highest BCUT2D eigenvalue weighted by Gasteiger charge is 2.43. The molecule has 1 unspecified atom stereocenters. The van der Waals surface area contributed by atoms with E-state index in [2.05, 4.69) is 36.4 Å². The van der Waals surface area contributed by atoms with Gasteiger partial charge in [-0.2, -0.15) is 13.2 Å². The van der Waals surface area contributed by atoms with Gasteiger partial charge in [-0.1, -0.05) is 26.8 Å². The van der Waals surface area contributed by atoms with Crippen molar-refractivity contribution in [2.45, 2.75) is 71.3 Å². The van der Waals surface area contributed by atoms with Crippen molar-refractivity contribution in [3.8, 4) is 17.1 Å². The first-order valence-corrected chi connectivity index (χ1v) is 17.0. The molecule has 266 valence electrons. The van der Waals surface area contributed by atoms with Crippen LogP contribution >= 0.6 is 0 Å². The van der Waals surface area contributed by atoms with Crippen LogP contribution in [-0.4, -0.2) is 70.4 Å². The van der Waals surface area contributed by atoms with Gasteiger partial charge in [-0.25, -0.2) is 14.4 Å². The second-order valence-electron chi connectivity index (χ2n) is 14.1. The topological polar surface area (TPSA) is 96.7 Å². The normalized spacial score (nSPS) is 21.3. The van der Waals surface area contributed by atoms with Crippen molar-refractivity contribution in [3.05, 3.63) is 82.7 Å². The van der Waals surface area contributed by atoms with Gasteiger partial charge in [0, 0.05) is 55.9 Å². The molecule has 4 aromatic rings. The number of methoxy groups -OCH3 is 1. The Morgan fingerprint density at radius 3 is 2.70 bits per heavy atom. The molecule has 0 radical (unpaired) electrons. The van der Waals surface area contributed by atoms with Crippen LogP contribution in [0.15, 0.2) is 70.7 Å². The number of fused-ring (bicyclic) bond motifs is 1. The summed E-state index contributed by atoms with van der Waals surface area (Å²) < 4.78 is 62.9. The minimum Gasteiger partial charge on any atom is -0.497 e. The Bertz CT molecular complexity index is 1910. The number of halogens is 4. The first-order valence-electron chi connectivity index (χ1n) is 17.0. The molecule has 6 rings (SSSR count). The average molecular weight is 694 g/mol. The van der Waals surface area contributed by atoms with Gasteiger partial charge >= 0.3 is 6.18 Å². The van der Waals surface area contributed by atoms with E-state index in [4.69, 9.17) is 14.7 Å². The van der Waals surface area contributed by atoms with E-state index in [0.717, 1.165) is 19.3 Å². The Kier molecular flexibility index (Phi) is 10.2. The molecule has 2 aliphatic rings. The summed E-state index contributed by atoms with van der Waals surface area (Å²) in [7, 11) is 1.47. The summed E-state index contributed by atoms with van der Waals surface area (Å²) in [4.78, 5) is 29.9. The molecule has 0 spiro atoms. The van der Waals surface area contributed by atoms with Crippen molar-refractivity contribution in [1.29, 1.82) is 0 Å². The molecule has 2 fully saturated rings. The van der Waals surface area contributed by atoms with Gasteiger partial charge in [0.15, 0.2) is 5.96 Å². The van der Waals surface area contributed by atoms with E-state index in [1.54, 1.807) is 59.8 Å². The maximum absolute atomic E-state index is 14.8. The first kappa shape index (κ1) is 35.3. The van der Waals surface area contributed by atoms with E-state index in [1.807, 2.05) is 0 Å². The number of aryl methyl sites for hydroxylation is 1. The molecule has 0 bridgehead atoms. The minimum atomic E-state index is -4.40. The predicted molar refractivity (Wildman–Crippen MR) is 187 cm³/mol. The second-order valence-corrected chi connectivity index (χ2v) is 14.1. The Hall–Kier alpha value is -4.52. The number of aromatic nitrogens is 3. The van der Waals surface area contributed by atoms with E-state index in [9.17, 15) is 22.4 Å². The standard InChI is InChI=1S/C37H43F4N7O2/c1-23-20-36(2,3)13-11-30(23)46-35(47-17-15-43-32(22-47)37(39,40)41)44-26-8-10-28-31(18-26)45-33(25-6-5-14-42-21-25)48(34(28)49)16-12-24-7-9-27(50-4)19-29(24)38/h5-10,14,18-19,21,23,30,32,43H,11-13,15-17,20,22H2,1-4H3,(H,44,46)/t23-,30?,32+/m0/s1. The molecule has 1 saturated heterocycles. The molecule has 1 aliphatic carbocycles. The molecule has 2 aromatic carbocycles. The first-order chi connectivity index (χ1) is 23.8. The molecule has 1 aliphatic heterocycles. The number of pyridine rings is 1. The van der Waals surface area contributed by atoms with Crippen molar-refractivity contribution >= 4 is 22.5 Å². The van der Waals surface area contributed by atoms with Gasteiger partial charge in [-0.05, 0) is 79.0 Å². The average Bonchev–Trinajstić information content (AvgIpc) is 3.08. The Balaban J connectivity index is 1.36. The quantitative estimate of drug-likeness (QED) is 0.127. The zero-order chi connectivity index (χ0) is 35.6. The second kappa shape index (κ2) is 14.4. The van der Waals surface area contributed by atoms with E-state index >= 15 is 0 Å². The van der Waals surface area contributed by atoms with Crippen LogP contribution in [0.3, 0.4) is 0 Å². The zero-order valence-electron chi connectivity index (χ0n) is 28.7. The summed E-state index contributed by atoms with van der Waals surface area (Å²) >= 11 is 0. The lowest BCUT2D eigenvalue weighted by Gasteiger charge is -2.40. The summed E-state index contributed by atoms with van der Waals surface area (Å²) in [6, 6.07) is 11.5. The Morgan fingerprint density at radius 2 is 2.00 bits per heavy atom. The maximum Gasteiger partial charge on any atom is 0.405 e. The lowest BCUT2D eigenvalue weighted by Crippen LogP contribution is -2.59. The van der Waals surface area contributed by atoms with Gasteiger partial charge in [0.05, 0.1) is 24.1 Å². The van der Waals surface area contributed by atoms with Crippen molar-refractivity contribution in [2.75, 3.05) is 32.1 Å². The van der Waals surface area contributed by atoms with Gasteiger partial charge in [0.25, 0.3) is 5.56 Å². The monoisotopic (exact) mass is 693 g/mol. The van der Waals surface area contributed by atoms with Gasteiger partial charge in [-0.15, -0.1) is 0 Å². The van der Waals surface area contributed by atoms with E-state index in [1.165, 1.54) is 17.7 Å². The van der Waals surface area contributed by atoms with Crippen molar-refractivity contribution in [2.24, 2.45) is 16.3 Å². The number of piperazine rings is 1. The number of ether oxygens (including phenoxy) is 1. The SMILES string of the molecule is COc1ccc(CCn2c(-c3cccnc3)nc3cc(N/C(=N/C4CCC(C)(C)C[C@@H]4C)N4CCN[C@@H](C(F)(F)F)C4)ccc3c2=O)c(F)c1. The van der Waals surface area contributed by atoms with Gasteiger partial charge < -0.3 is 20.3 Å². The van der Waals surface area contributed by atoms with Crippen LogP contribution in [0.5, 0.6) is 5.75 Å². The molecule has 9 nitrogen and oxygen atoms in total. The number of nitrogens with one attached hydrogen (secondary N) is 2. The third-order valence-corrected chi connectivity index (χ3v) is 9.80. The van der Waals surface area contributed by atoms with Crippen molar-refractivity contribution in [3.63, 3.8) is 0 Å². The summed E-state index contributed by atoms with van der Waals surface area (Å²) in [5.41, 5.74) is 1.85. The van der Waals surface area contributed by atoms with Crippen LogP contribution in [-0.2, 0) is 13.0 Å². The van der Waals surface area contributed by atoms with Crippen LogP contribution in [0.25, 0.3) is 22.3 Å². The highest BCUT2D eigenvalue weighted by atomic mass is 19.4. The molecule has 3 heterocycles. The fourth-order valence-corrected chi connectivity index (χ4v) is 7.08. The van der Waals surface area contributed by atoms with E-state index in [0.29, 0.717) is 51.8 Å². The molecular formula is C37H43F4N7O2. The number of nitrogens with zero attached hydrogens (tertiary/aromatic N) is 5.